The maximum atomic E-state index is 11.2. The van der Waals surface area contributed by atoms with E-state index >= 15 is 0 Å². The van der Waals surface area contributed by atoms with E-state index < -0.39 is 0 Å². The fourth-order valence-electron chi connectivity index (χ4n) is 1.23. The number of hydrogen-bond donors (Lipinski definition) is 0. The highest BCUT2D eigenvalue weighted by Crippen LogP contribution is 2.09. The van der Waals surface area contributed by atoms with E-state index in [0.717, 1.165) is 16.7 Å². The molecule has 0 bridgehead atoms. The van der Waals surface area contributed by atoms with Crippen LogP contribution in [0, 0.1) is 13.8 Å². The molecule has 0 spiro atoms. The lowest BCUT2D eigenvalue weighted by Gasteiger charge is -2.00. The average Bonchev–Trinajstić information content (AvgIpc) is 2.01. The molecule has 0 heterocycles. The standard InChI is InChI=1S/C11H12O/c1-4-11(12)10-6-8(2)5-9(3)7-10/h4-7H,1H2,2-3H3. The predicted molar refractivity (Wildman–Crippen MR) is 50.4 cm³/mol. The van der Waals surface area contributed by atoms with Gasteiger partial charge in [-0.15, -0.1) is 0 Å². The second-order valence-electron chi connectivity index (χ2n) is 2.94. The molecule has 0 fully saturated rings. The molecule has 0 amide bonds. The Morgan fingerprint density at radius 1 is 1.25 bits per heavy atom. The van der Waals surface area contributed by atoms with Crippen LogP contribution in [0.5, 0.6) is 0 Å². The minimum atomic E-state index is -0.0122. The van der Waals surface area contributed by atoms with Crippen molar-refractivity contribution >= 4 is 5.78 Å². The summed E-state index contributed by atoms with van der Waals surface area (Å²) in [5, 5.41) is 0. The lowest BCUT2D eigenvalue weighted by Crippen LogP contribution is -1.94. The monoisotopic (exact) mass is 160 g/mol. The molecule has 0 aliphatic heterocycles. The number of ketones is 1. The fourth-order valence-corrected chi connectivity index (χ4v) is 1.23. The Balaban J connectivity index is 3.17. The van der Waals surface area contributed by atoms with E-state index in [9.17, 15) is 4.79 Å². The molecular formula is C11H12O. The minimum absolute atomic E-state index is 0.0122. The summed E-state index contributed by atoms with van der Waals surface area (Å²) < 4.78 is 0. The van der Waals surface area contributed by atoms with Gasteiger partial charge >= 0.3 is 0 Å². The summed E-state index contributed by atoms with van der Waals surface area (Å²) in [5.74, 6) is -0.0122. The third-order valence-corrected chi connectivity index (χ3v) is 1.69. The summed E-state index contributed by atoms with van der Waals surface area (Å²) in [5.41, 5.74) is 2.95. The number of allylic oxidation sites excluding steroid dienone is 1. The van der Waals surface area contributed by atoms with Crippen LogP contribution >= 0.6 is 0 Å². The van der Waals surface area contributed by atoms with Gasteiger partial charge in [-0.25, -0.2) is 0 Å². The topological polar surface area (TPSA) is 17.1 Å². The first-order valence-electron chi connectivity index (χ1n) is 3.88. The van der Waals surface area contributed by atoms with Crippen LogP contribution in [0.4, 0.5) is 0 Å². The molecule has 0 atom stereocenters. The quantitative estimate of drug-likeness (QED) is 0.480. The van der Waals surface area contributed by atoms with Gasteiger partial charge in [0.25, 0.3) is 0 Å². The molecule has 12 heavy (non-hydrogen) atoms. The highest BCUT2D eigenvalue weighted by Gasteiger charge is 2.01. The first-order chi connectivity index (χ1) is 5.63. The molecule has 0 aliphatic carbocycles. The van der Waals surface area contributed by atoms with Crippen molar-refractivity contribution in [1.29, 1.82) is 0 Å². The third-order valence-electron chi connectivity index (χ3n) is 1.69. The van der Waals surface area contributed by atoms with E-state index in [1.807, 2.05) is 32.0 Å². The third kappa shape index (κ3) is 1.82. The zero-order chi connectivity index (χ0) is 9.14. The first kappa shape index (κ1) is 8.72. The molecule has 1 aromatic carbocycles. The molecular weight excluding hydrogens is 148 g/mol. The molecule has 0 N–H and O–H groups in total. The summed E-state index contributed by atoms with van der Waals surface area (Å²) in [6.45, 7) is 7.40. The number of hydrogen-bond acceptors (Lipinski definition) is 1. The summed E-state index contributed by atoms with van der Waals surface area (Å²) in [6.07, 6.45) is 1.34. The fraction of sp³-hybridized carbons (Fsp3) is 0.182. The van der Waals surface area contributed by atoms with Gasteiger partial charge < -0.3 is 0 Å². The zero-order valence-corrected chi connectivity index (χ0v) is 7.42. The first-order valence-corrected chi connectivity index (χ1v) is 3.88. The summed E-state index contributed by atoms with van der Waals surface area (Å²) >= 11 is 0. The van der Waals surface area contributed by atoms with E-state index in [1.54, 1.807) is 0 Å². The van der Waals surface area contributed by atoms with Gasteiger partial charge in [-0.2, -0.15) is 0 Å². The Morgan fingerprint density at radius 3 is 2.17 bits per heavy atom. The molecule has 0 unspecified atom stereocenters. The molecule has 1 rings (SSSR count). The zero-order valence-electron chi connectivity index (χ0n) is 7.42. The van der Waals surface area contributed by atoms with Crippen molar-refractivity contribution in [2.24, 2.45) is 0 Å². The number of carbonyl (C=O) groups excluding carboxylic acids is 1. The average molecular weight is 160 g/mol. The van der Waals surface area contributed by atoms with Gasteiger partial charge in [0.15, 0.2) is 5.78 Å². The van der Waals surface area contributed by atoms with Crippen LogP contribution in [0.25, 0.3) is 0 Å². The van der Waals surface area contributed by atoms with Crippen LogP contribution in [-0.2, 0) is 0 Å². The van der Waals surface area contributed by atoms with Crippen LogP contribution in [-0.4, -0.2) is 5.78 Å². The lowest BCUT2D eigenvalue weighted by molar-refractivity contribution is 0.104. The van der Waals surface area contributed by atoms with Gasteiger partial charge in [0, 0.05) is 5.56 Å². The van der Waals surface area contributed by atoms with Crippen molar-refractivity contribution < 1.29 is 4.79 Å². The van der Waals surface area contributed by atoms with Gasteiger partial charge in [0.05, 0.1) is 0 Å². The van der Waals surface area contributed by atoms with Gasteiger partial charge in [-0.1, -0.05) is 23.8 Å². The van der Waals surface area contributed by atoms with Crippen LogP contribution in [0.3, 0.4) is 0 Å². The lowest BCUT2D eigenvalue weighted by atomic mass is 10.0. The van der Waals surface area contributed by atoms with E-state index in [1.165, 1.54) is 6.08 Å². The van der Waals surface area contributed by atoms with Crippen molar-refractivity contribution in [3.8, 4) is 0 Å². The molecule has 1 nitrogen and oxygen atoms in total. The second-order valence-corrected chi connectivity index (χ2v) is 2.94. The van der Waals surface area contributed by atoms with Crippen LogP contribution in [0.1, 0.15) is 21.5 Å². The molecule has 1 heteroatoms. The van der Waals surface area contributed by atoms with E-state index in [0.29, 0.717) is 0 Å². The number of benzene rings is 1. The highest BCUT2D eigenvalue weighted by molar-refractivity contribution is 6.04. The number of aryl methyl sites for hydroxylation is 2. The summed E-state index contributed by atoms with van der Waals surface area (Å²) in [6, 6.07) is 5.79. The Kier molecular flexibility index (Phi) is 2.44. The highest BCUT2D eigenvalue weighted by atomic mass is 16.1. The van der Waals surface area contributed by atoms with Gasteiger partial charge in [0.1, 0.15) is 0 Å². The maximum Gasteiger partial charge on any atom is 0.185 e. The number of carbonyl (C=O) groups is 1. The normalized spacial score (nSPS) is 9.50. The van der Waals surface area contributed by atoms with Gasteiger partial charge in [-0.3, -0.25) is 4.79 Å². The van der Waals surface area contributed by atoms with Crippen LogP contribution < -0.4 is 0 Å². The van der Waals surface area contributed by atoms with E-state index in [-0.39, 0.29) is 5.78 Å². The van der Waals surface area contributed by atoms with Crippen molar-refractivity contribution in [2.75, 3.05) is 0 Å². The largest absolute Gasteiger partial charge is 0.289 e. The van der Waals surface area contributed by atoms with Gasteiger partial charge in [-0.05, 0) is 32.1 Å². The van der Waals surface area contributed by atoms with Crippen molar-refractivity contribution in [3.63, 3.8) is 0 Å². The smallest absolute Gasteiger partial charge is 0.185 e. The second kappa shape index (κ2) is 3.35. The minimum Gasteiger partial charge on any atom is -0.289 e. The van der Waals surface area contributed by atoms with E-state index in [4.69, 9.17) is 0 Å². The molecule has 0 radical (unpaired) electrons. The van der Waals surface area contributed by atoms with E-state index in [2.05, 4.69) is 6.58 Å². The van der Waals surface area contributed by atoms with Crippen molar-refractivity contribution in [1.82, 2.24) is 0 Å². The Morgan fingerprint density at radius 2 is 1.75 bits per heavy atom. The molecule has 0 aromatic heterocycles. The Bertz CT molecular complexity index is 304. The summed E-state index contributed by atoms with van der Waals surface area (Å²) in [7, 11) is 0. The molecule has 0 saturated carbocycles. The van der Waals surface area contributed by atoms with Crippen molar-refractivity contribution in [3.05, 3.63) is 47.5 Å². The molecule has 1 aromatic rings. The molecule has 62 valence electrons. The Hall–Kier alpha value is -1.37. The molecule has 0 saturated heterocycles. The number of rotatable bonds is 2. The van der Waals surface area contributed by atoms with Crippen molar-refractivity contribution in [2.45, 2.75) is 13.8 Å². The predicted octanol–water partition coefficient (Wildman–Crippen LogP) is 2.67. The van der Waals surface area contributed by atoms with Gasteiger partial charge in [0.2, 0.25) is 0 Å². The molecule has 0 aliphatic rings. The SMILES string of the molecule is C=CC(=O)c1cc(C)cc(C)c1. The maximum absolute atomic E-state index is 11.2. The van der Waals surface area contributed by atoms with Crippen LogP contribution in [0.2, 0.25) is 0 Å². The Labute approximate surface area is 72.7 Å². The van der Waals surface area contributed by atoms with Crippen LogP contribution in [0.15, 0.2) is 30.9 Å². The summed E-state index contributed by atoms with van der Waals surface area (Å²) in [4.78, 5) is 11.2.